The van der Waals surface area contributed by atoms with Gasteiger partial charge in [-0.3, -0.25) is 4.79 Å². The minimum atomic E-state index is 0.0627. The Hall–Kier alpha value is -1.71. The summed E-state index contributed by atoms with van der Waals surface area (Å²) < 4.78 is 0. The van der Waals surface area contributed by atoms with Gasteiger partial charge in [0.05, 0.1) is 6.54 Å². The lowest BCUT2D eigenvalue weighted by molar-refractivity contribution is -0.119. The van der Waals surface area contributed by atoms with Crippen molar-refractivity contribution in [1.29, 1.82) is 0 Å². The molecule has 0 saturated heterocycles. The van der Waals surface area contributed by atoms with Crippen LogP contribution in [0.4, 0.5) is 11.4 Å². The number of hydrogen-bond donors (Lipinski definition) is 2. The fraction of sp³-hybridized carbons (Fsp3) is 0.500. The molecule has 0 heterocycles. The highest BCUT2D eigenvalue weighted by Gasteiger charge is 2.09. The zero-order valence-corrected chi connectivity index (χ0v) is 11.3. The Balaban J connectivity index is 2.54. The Kier molecular flexibility index (Phi) is 6.05. The number of nitrogen functional groups attached to an aromatic ring is 1. The molecule has 1 rings (SSSR count). The van der Waals surface area contributed by atoms with Crippen LogP contribution < -0.4 is 16.0 Å². The normalized spacial score (nSPS) is 10.1. The molecule has 0 unspecified atom stereocenters. The summed E-state index contributed by atoms with van der Waals surface area (Å²) in [6, 6.07) is 7.61. The molecule has 4 heteroatoms. The molecule has 0 aliphatic carbocycles. The van der Waals surface area contributed by atoms with Gasteiger partial charge in [-0.25, -0.2) is 0 Å². The van der Waals surface area contributed by atoms with Crippen LogP contribution in [0, 0.1) is 0 Å². The van der Waals surface area contributed by atoms with Crippen LogP contribution in [0.5, 0.6) is 0 Å². The van der Waals surface area contributed by atoms with Crippen LogP contribution in [0.3, 0.4) is 0 Å². The second-order valence-electron chi connectivity index (χ2n) is 4.31. The summed E-state index contributed by atoms with van der Waals surface area (Å²) in [5.74, 6) is 0.0627. The van der Waals surface area contributed by atoms with E-state index in [1.165, 1.54) is 0 Å². The fourth-order valence-corrected chi connectivity index (χ4v) is 1.74. The van der Waals surface area contributed by atoms with Crippen LogP contribution >= 0.6 is 0 Å². The monoisotopic (exact) mass is 249 g/mol. The second kappa shape index (κ2) is 7.58. The Labute approximate surface area is 109 Å². The van der Waals surface area contributed by atoms with Gasteiger partial charge in [0, 0.05) is 24.5 Å². The predicted molar refractivity (Wildman–Crippen MR) is 76.7 cm³/mol. The van der Waals surface area contributed by atoms with E-state index in [-0.39, 0.29) is 5.91 Å². The van der Waals surface area contributed by atoms with E-state index in [1.807, 2.05) is 36.1 Å². The van der Waals surface area contributed by atoms with Crippen molar-refractivity contribution >= 4 is 17.3 Å². The smallest absolute Gasteiger partial charge is 0.239 e. The van der Waals surface area contributed by atoms with Crippen molar-refractivity contribution in [2.75, 3.05) is 30.3 Å². The Morgan fingerprint density at radius 2 is 2.17 bits per heavy atom. The molecule has 4 nitrogen and oxygen atoms in total. The first-order chi connectivity index (χ1) is 8.67. The van der Waals surface area contributed by atoms with E-state index in [0.29, 0.717) is 6.54 Å². The topological polar surface area (TPSA) is 58.4 Å². The lowest BCUT2D eigenvalue weighted by Gasteiger charge is -2.22. The van der Waals surface area contributed by atoms with Gasteiger partial charge < -0.3 is 16.0 Å². The summed E-state index contributed by atoms with van der Waals surface area (Å²) in [7, 11) is 0. The third-order valence-electron chi connectivity index (χ3n) is 2.80. The van der Waals surface area contributed by atoms with Crippen LogP contribution in [-0.4, -0.2) is 25.5 Å². The molecule has 0 bridgehead atoms. The summed E-state index contributed by atoms with van der Waals surface area (Å²) in [4.78, 5) is 13.8. The molecule has 0 radical (unpaired) electrons. The highest BCUT2D eigenvalue weighted by molar-refractivity contribution is 5.81. The van der Waals surface area contributed by atoms with Gasteiger partial charge in [-0.05, 0) is 31.5 Å². The van der Waals surface area contributed by atoms with Gasteiger partial charge in [-0.2, -0.15) is 0 Å². The molecular formula is C14H23N3O. The standard InChI is InChI=1S/C14H23N3O/c1-3-5-9-16-14(18)11-17(4-2)13-8-6-7-12(15)10-13/h6-8,10H,3-5,9,11,15H2,1-2H3,(H,16,18). The van der Waals surface area contributed by atoms with Crippen LogP contribution in [0.15, 0.2) is 24.3 Å². The molecule has 0 spiro atoms. The molecule has 0 atom stereocenters. The van der Waals surface area contributed by atoms with E-state index in [9.17, 15) is 4.79 Å². The number of carbonyl (C=O) groups excluding carboxylic acids is 1. The molecule has 1 amide bonds. The maximum Gasteiger partial charge on any atom is 0.239 e. The van der Waals surface area contributed by atoms with Crippen molar-refractivity contribution < 1.29 is 4.79 Å². The third-order valence-corrected chi connectivity index (χ3v) is 2.80. The molecule has 1 aromatic rings. The van der Waals surface area contributed by atoms with Gasteiger partial charge in [0.1, 0.15) is 0 Å². The number of nitrogens with two attached hydrogens (primary N) is 1. The number of likely N-dealkylation sites (N-methyl/N-ethyl adjacent to an activating group) is 1. The molecule has 18 heavy (non-hydrogen) atoms. The first-order valence-electron chi connectivity index (χ1n) is 6.54. The van der Waals surface area contributed by atoms with Crippen LogP contribution in [0.1, 0.15) is 26.7 Å². The molecule has 0 aromatic heterocycles. The Morgan fingerprint density at radius 1 is 1.39 bits per heavy atom. The van der Waals surface area contributed by atoms with Crippen molar-refractivity contribution in [2.24, 2.45) is 0 Å². The maximum atomic E-state index is 11.8. The largest absolute Gasteiger partial charge is 0.399 e. The minimum absolute atomic E-state index is 0.0627. The average molecular weight is 249 g/mol. The van der Waals surface area contributed by atoms with Gasteiger partial charge in [0.25, 0.3) is 0 Å². The molecule has 0 aliphatic rings. The minimum Gasteiger partial charge on any atom is -0.399 e. The highest BCUT2D eigenvalue weighted by Crippen LogP contribution is 2.16. The first-order valence-corrected chi connectivity index (χ1v) is 6.54. The number of carbonyl (C=O) groups is 1. The van der Waals surface area contributed by atoms with Crippen molar-refractivity contribution in [3.63, 3.8) is 0 Å². The van der Waals surface area contributed by atoms with E-state index in [1.54, 1.807) is 0 Å². The fourth-order valence-electron chi connectivity index (χ4n) is 1.74. The number of amides is 1. The third kappa shape index (κ3) is 4.65. The molecule has 0 aliphatic heterocycles. The summed E-state index contributed by atoms with van der Waals surface area (Å²) in [6.45, 7) is 6.05. The van der Waals surface area contributed by atoms with E-state index in [4.69, 9.17) is 5.73 Å². The van der Waals surface area contributed by atoms with E-state index >= 15 is 0 Å². The highest BCUT2D eigenvalue weighted by atomic mass is 16.2. The number of unbranched alkanes of at least 4 members (excludes halogenated alkanes) is 1. The predicted octanol–water partition coefficient (Wildman–Crippen LogP) is 2.01. The van der Waals surface area contributed by atoms with Crippen LogP contribution in [-0.2, 0) is 4.79 Å². The molecule has 1 aromatic carbocycles. The number of nitrogens with one attached hydrogen (secondary N) is 1. The summed E-state index contributed by atoms with van der Waals surface area (Å²) in [6.07, 6.45) is 2.11. The number of anilines is 2. The van der Waals surface area contributed by atoms with Gasteiger partial charge in [-0.1, -0.05) is 19.4 Å². The lowest BCUT2D eigenvalue weighted by atomic mass is 10.2. The van der Waals surface area contributed by atoms with Gasteiger partial charge in [0.2, 0.25) is 5.91 Å². The Bertz CT molecular complexity index is 379. The summed E-state index contributed by atoms with van der Waals surface area (Å²) >= 11 is 0. The van der Waals surface area contributed by atoms with Gasteiger partial charge in [0.15, 0.2) is 0 Å². The van der Waals surface area contributed by atoms with Crippen LogP contribution in [0.25, 0.3) is 0 Å². The van der Waals surface area contributed by atoms with E-state index < -0.39 is 0 Å². The SMILES string of the molecule is CCCCNC(=O)CN(CC)c1cccc(N)c1. The number of benzene rings is 1. The Morgan fingerprint density at radius 3 is 2.78 bits per heavy atom. The van der Waals surface area contributed by atoms with Crippen molar-refractivity contribution in [3.8, 4) is 0 Å². The van der Waals surface area contributed by atoms with Crippen molar-refractivity contribution in [2.45, 2.75) is 26.7 Å². The number of nitrogens with zero attached hydrogens (tertiary/aromatic N) is 1. The van der Waals surface area contributed by atoms with Crippen molar-refractivity contribution in [1.82, 2.24) is 5.32 Å². The molecule has 0 saturated carbocycles. The molecule has 0 fully saturated rings. The summed E-state index contributed by atoms with van der Waals surface area (Å²) in [5.41, 5.74) is 7.46. The lowest BCUT2D eigenvalue weighted by Crippen LogP contribution is -2.37. The molecular weight excluding hydrogens is 226 g/mol. The van der Waals surface area contributed by atoms with Crippen molar-refractivity contribution in [3.05, 3.63) is 24.3 Å². The average Bonchev–Trinajstić information content (AvgIpc) is 2.36. The second-order valence-corrected chi connectivity index (χ2v) is 4.31. The first kappa shape index (κ1) is 14.4. The summed E-state index contributed by atoms with van der Waals surface area (Å²) in [5, 5.41) is 2.92. The van der Waals surface area contributed by atoms with Gasteiger partial charge >= 0.3 is 0 Å². The number of rotatable bonds is 7. The zero-order valence-electron chi connectivity index (χ0n) is 11.3. The molecule has 3 N–H and O–H groups in total. The number of hydrogen-bond acceptors (Lipinski definition) is 3. The maximum absolute atomic E-state index is 11.8. The van der Waals surface area contributed by atoms with E-state index in [0.717, 1.165) is 37.3 Å². The van der Waals surface area contributed by atoms with Gasteiger partial charge in [-0.15, -0.1) is 0 Å². The quantitative estimate of drug-likeness (QED) is 0.574. The van der Waals surface area contributed by atoms with Crippen LogP contribution in [0.2, 0.25) is 0 Å². The molecule has 100 valence electrons. The zero-order chi connectivity index (χ0) is 13.4. The van der Waals surface area contributed by atoms with E-state index in [2.05, 4.69) is 12.2 Å².